The predicted molar refractivity (Wildman–Crippen MR) is 190 cm³/mol. The van der Waals surface area contributed by atoms with Gasteiger partial charge in [-0.15, -0.1) is 0 Å². The van der Waals surface area contributed by atoms with Crippen LogP contribution in [0.3, 0.4) is 0 Å². The Balaban J connectivity index is 1.53. The van der Waals surface area contributed by atoms with Gasteiger partial charge in [0, 0.05) is 38.8 Å². The van der Waals surface area contributed by atoms with Crippen LogP contribution < -0.4 is 9.64 Å². The average molecular weight is 662 g/mol. The summed E-state index contributed by atoms with van der Waals surface area (Å²) in [6.07, 6.45) is 0.611. The average Bonchev–Trinajstić information content (AvgIpc) is 3.32. The van der Waals surface area contributed by atoms with Crippen molar-refractivity contribution in [3.8, 4) is 5.75 Å². The highest BCUT2D eigenvalue weighted by Crippen LogP contribution is 2.50. The number of aromatic nitrogens is 1. The lowest BCUT2D eigenvalue weighted by Crippen LogP contribution is -2.31. The molecule has 0 fully saturated rings. The standard InChI is InChI=1S/C39H40FN3O4Si/c1-26-32-33(38(44)43(26)25-27-18-20-30(40)21-19-27)37(47-36(28-13-8-6-9-14-28)29-15-10-7-11-16-29)34-31(17-12-22-41-34)35(32)42(2)39(45)46-23-24-48(3,4)5/h6-22,26,36H,23-25H2,1-5H3. The van der Waals surface area contributed by atoms with Gasteiger partial charge in [0.15, 0.2) is 5.75 Å². The first kappa shape index (κ1) is 32.9. The molecule has 1 aromatic heterocycles. The van der Waals surface area contributed by atoms with Gasteiger partial charge in [0.05, 0.1) is 23.9 Å². The van der Waals surface area contributed by atoms with Crippen LogP contribution in [0, 0.1) is 5.82 Å². The lowest BCUT2D eigenvalue weighted by Gasteiger charge is -2.27. The minimum absolute atomic E-state index is 0.239. The topological polar surface area (TPSA) is 72.0 Å². The molecule has 6 rings (SSSR count). The fourth-order valence-electron chi connectivity index (χ4n) is 6.18. The van der Waals surface area contributed by atoms with Crippen LogP contribution in [0.4, 0.5) is 14.9 Å². The molecule has 9 heteroatoms. The van der Waals surface area contributed by atoms with E-state index in [2.05, 4.69) is 19.6 Å². The summed E-state index contributed by atoms with van der Waals surface area (Å²) in [5.41, 5.74) is 4.63. The monoisotopic (exact) mass is 661 g/mol. The molecular weight excluding hydrogens is 622 g/mol. The summed E-state index contributed by atoms with van der Waals surface area (Å²) in [7, 11) is 0.232. The molecular formula is C39H40FN3O4Si. The van der Waals surface area contributed by atoms with E-state index in [-0.39, 0.29) is 18.3 Å². The highest BCUT2D eigenvalue weighted by atomic mass is 28.3. The van der Waals surface area contributed by atoms with Gasteiger partial charge in [0.1, 0.15) is 17.4 Å². The molecule has 0 saturated heterocycles. The number of amides is 2. The molecule has 7 nitrogen and oxygen atoms in total. The highest BCUT2D eigenvalue weighted by molar-refractivity contribution is 6.76. The molecule has 1 aliphatic rings. The second kappa shape index (κ2) is 13.6. The summed E-state index contributed by atoms with van der Waals surface area (Å²) in [5, 5.41) is 0.666. The molecule has 0 bridgehead atoms. The van der Waals surface area contributed by atoms with Crippen molar-refractivity contribution in [3.63, 3.8) is 0 Å². The third kappa shape index (κ3) is 6.68. The molecule has 0 aliphatic carbocycles. The van der Waals surface area contributed by atoms with Crippen LogP contribution in [0.5, 0.6) is 5.75 Å². The molecule has 48 heavy (non-hydrogen) atoms. The van der Waals surface area contributed by atoms with E-state index >= 15 is 0 Å². The number of hydrogen-bond donors (Lipinski definition) is 0. The maximum Gasteiger partial charge on any atom is 0.414 e. The molecule has 0 spiro atoms. The van der Waals surface area contributed by atoms with E-state index in [0.717, 1.165) is 22.7 Å². The second-order valence-electron chi connectivity index (χ2n) is 13.4. The summed E-state index contributed by atoms with van der Waals surface area (Å²) in [5.74, 6) is -0.257. The van der Waals surface area contributed by atoms with Crippen molar-refractivity contribution in [1.29, 1.82) is 0 Å². The van der Waals surface area contributed by atoms with Gasteiger partial charge >= 0.3 is 6.09 Å². The zero-order chi connectivity index (χ0) is 34.0. The molecule has 1 atom stereocenters. The Kier molecular flexibility index (Phi) is 9.33. The van der Waals surface area contributed by atoms with Gasteiger partial charge in [0.25, 0.3) is 5.91 Å². The third-order valence-corrected chi connectivity index (χ3v) is 10.5. The van der Waals surface area contributed by atoms with Crippen molar-refractivity contribution >= 4 is 36.7 Å². The first-order chi connectivity index (χ1) is 23.0. The molecule has 2 amide bonds. The molecule has 2 heterocycles. The number of nitrogens with zero attached hydrogens (tertiary/aromatic N) is 3. The smallest absolute Gasteiger partial charge is 0.414 e. The van der Waals surface area contributed by atoms with Crippen molar-refractivity contribution < 1.29 is 23.5 Å². The van der Waals surface area contributed by atoms with E-state index in [0.29, 0.717) is 40.1 Å². The first-order valence-corrected chi connectivity index (χ1v) is 19.9. The Hall–Kier alpha value is -5.02. The quantitative estimate of drug-likeness (QED) is 0.140. The zero-order valence-electron chi connectivity index (χ0n) is 27.9. The van der Waals surface area contributed by atoms with Crippen molar-refractivity contribution in [2.24, 2.45) is 0 Å². The van der Waals surface area contributed by atoms with E-state index in [1.165, 1.54) is 17.0 Å². The SMILES string of the molecule is CC1c2c(c(OC(c3ccccc3)c3ccccc3)c3ncccc3c2N(C)C(=O)OCC[Si](C)(C)C)C(=O)N1Cc1ccc(F)cc1. The zero-order valence-corrected chi connectivity index (χ0v) is 28.9. The van der Waals surface area contributed by atoms with Crippen LogP contribution in [0.2, 0.25) is 25.7 Å². The van der Waals surface area contributed by atoms with Crippen molar-refractivity contribution in [1.82, 2.24) is 9.88 Å². The van der Waals surface area contributed by atoms with Gasteiger partial charge in [-0.3, -0.25) is 14.7 Å². The minimum Gasteiger partial charge on any atom is -0.478 e. The Labute approximate surface area is 281 Å². The second-order valence-corrected chi connectivity index (χ2v) is 19.0. The van der Waals surface area contributed by atoms with Gasteiger partial charge in [0.2, 0.25) is 0 Å². The van der Waals surface area contributed by atoms with Gasteiger partial charge < -0.3 is 14.4 Å². The van der Waals surface area contributed by atoms with Crippen molar-refractivity contribution in [3.05, 3.63) is 137 Å². The van der Waals surface area contributed by atoms with Crippen molar-refractivity contribution in [2.75, 3.05) is 18.6 Å². The predicted octanol–water partition coefficient (Wildman–Crippen LogP) is 9.17. The number of halogens is 1. The lowest BCUT2D eigenvalue weighted by atomic mass is 9.96. The first-order valence-electron chi connectivity index (χ1n) is 16.2. The molecule has 0 radical (unpaired) electrons. The summed E-state index contributed by atoms with van der Waals surface area (Å²) in [6.45, 7) is 9.20. The minimum atomic E-state index is -1.44. The maximum atomic E-state index is 14.6. The number of anilines is 1. The van der Waals surface area contributed by atoms with Gasteiger partial charge in [-0.1, -0.05) is 92.4 Å². The van der Waals surface area contributed by atoms with Gasteiger partial charge in [-0.05, 0) is 53.9 Å². The normalized spacial score (nSPS) is 14.4. The maximum absolute atomic E-state index is 14.6. The molecule has 246 valence electrons. The van der Waals surface area contributed by atoms with Gasteiger partial charge in [-0.25, -0.2) is 9.18 Å². The molecule has 0 N–H and O–H groups in total. The van der Waals surface area contributed by atoms with E-state index in [9.17, 15) is 14.0 Å². The van der Waals surface area contributed by atoms with Gasteiger partial charge in [-0.2, -0.15) is 0 Å². The van der Waals surface area contributed by atoms with Crippen molar-refractivity contribution in [2.45, 2.75) is 51.3 Å². The Morgan fingerprint density at radius 3 is 2.17 bits per heavy atom. The Morgan fingerprint density at radius 1 is 0.938 bits per heavy atom. The van der Waals surface area contributed by atoms with Crippen LogP contribution in [0.1, 0.15) is 51.7 Å². The number of benzene rings is 4. The highest BCUT2D eigenvalue weighted by Gasteiger charge is 2.43. The number of ether oxygens (including phenoxy) is 2. The van der Waals surface area contributed by atoms with Crippen LogP contribution in [-0.2, 0) is 11.3 Å². The number of rotatable bonds is 10. The molecule has 1 aliphatic heterocycles. The lowest BCUT2D eigenvalue weighted by molar-refractivity contribution is 0.0719. The molecule has 0 saturated carbocycles. The van der Waals surface area contributed by atoms with Crippen LogP contribution >= 0.6 is 0 Å². The van der Waals surface area contributed by atoms with Crippen LogP contribution in [0.25, 0.3) is 10.9 Å². The fourth-order valence-corrected chi connectivity index (χ4v) is 6.90. The van der Waals surface area contributed by atoms with E-state index < -0.39 is 26.3 Å². The largest absolute Gasteiger partial charge is 0.478 e. The number of carbonyl (C=O) groups excluding carboxylic acids is 2. The third-order valence-electron chi connectivity index (χ3n) is 8.78. The summed E-state index contributed by atoms with van der Waals surface area (Å²) in [4.78, 5) is 36.3. The summed E-state index contributed by atoms with van der Waals surface area (Å²) >= 11 is 0. The number of hydrogen-bond acceptors (Lipinski definition) is 5. The number of pyridine rings is 1. The van der Waals surface area contributed by atoms with E-state index in [1.54, 1.807) is 30.3 Å². The van der Waals surface area contributed by atoms with Crippen LogP contribution in [0.15, 0.2) is 103 Å². The number of carbonyl (C=O) groups is 2. The summed E-state index contributed by atoms with van der Waals surface area (Å²) < 4.78 is 26.6. The number of fused-ring (bicyclic) bond motifs is 2. The summed E-state index contributed by atoms with van der Waals surface area (Å²) in [6, 6.07) is 29.9. The van der Waals surface area contributed by atoms with E-state index in [1.807, 2.05) is 79.7 Å². The van der Waals surface area contributed by atoms with Crippen LogP contribution in [-0.4, -0.2) is 43.6 Å². The Morgan fingerprint density at radius 2 is 1.56 bits per heavy atom. The molecule has 4 aromatic carbocycles. The molecule has 1 unspecified atom stereocenters. The fraction of sp³-hybridized carbons (Fsp3) is 0.256. The van der Waals surface area contributed by atoms with E-state index in [4.69, 9.17) is 14.5 Å². The molecule has 5 aromatic rings. The Bertz CT molecular complexity index is 1890.